The monoisotopic (exact) mass is 110 g/mol. The van der Waals surface area contributed by atoms with Crippen LogP contribution in [0.25, 0.3) is 0 Å². The van der Waals surface area contributed by atoms with Gasteiger partial charge in [-0.2, -0.15) is 0 Å². The molecule has 7 heavy (non-hydrogen) atoms. The summed E-state index contributed by atoms with van der Waals surface area (Å²) < 4.78 is 0. The van der Waals surface area contributed by atoms with E-state index in [-0.39, 0.29) is 0 Å². The molecule has 0 N–H and O–H groups in total. The van der Waals surface area contributed by atoms with Crippen LogP contribution in [0.3, 0.4) is 0 Å². The normalized spacial score (nSPS) is 43.4. The predicted molar refractivity (Wildman–Crippen MR) is 33.4 cm³/mol. The van der Waals surface area contributed by atoms with Crippen molar-refractivity contribution in [3.05, 3.63) is 24.3 Å². The topological polar surface area (TPSA) is 0 Å². The smallest absolute Gasteiger partial charge is 0.0417 e. The highest BCUT2D eigenvalue weighted by Gasteiger charge is 2.19. The second-order valence-corrected chi connectivity index (χ2v) is 3.20. The molecule has 2 bridgehead atoms. The Morgan fingerprint density at radius 3 is 1.43 bits per heavy atom. The molecule has 2 aliphatic heterocycles. The lowest BCUT2D eigenvalue weighted by molar-refractivity contribution is 1.35. The Bertz CT molecular complexity index is 107. The fourth-order valence-electron chi connectivity index (χ4n) is 0.929. The van der Waals surface area contributed by atoms with Crippen LogP contribution >= 0.6 is 11.8 Å². The second kappa shape index (κ2) is 1.16. The molecule has 0 unspecified atom stereocenters. The molecule has 0 radical (unpaired) electrons. The minimum Gasteiger partial charge on any atom is -0.138 e. The molecule has 0 amide bonds. The van der Waals surface area contributed by atoms with Gasteiger partial charge < -0.3 is 0 Å². The SMILES string of the molecule is C1=CC2C=CC1S2. The van der Waals surface area contributed by atoms with E-state index < -0.39 is 0 Å². The average molecular weight is 110 g/mol. The van der Waals surface area contributed by atoms with Gasteiger partial charge in [-0.15, -0.1) is 11.8 Å². The minimum absolute atomic E-state index is 0.727. The molecule has 2 rings (SSSR count). The second-order valence-electron chi connectivity index (χ2n) is 1.84. The summed E-state index contributed by atoms with van der Waals surface area (Å²) >= 11 is 2.01. The Morgan fingerprint density at radius 1 is 0.857 bits per heavy atom. The van der Waals surface area contributed by atoms with Gasteiger partial charge in [-0.1, -0.05) is 24.3 Å². The molecular weight excluding hydrogens is 104 g/mol. The number of thioether (sulfide) groups is 1. The summed E-state index contributed by atoms with van der Waals surface area (Å²) in [6.45, 7) is 0. The quantitative estimate of drug-likeness (QED) is 0.427. The zero-order valence-electron chi connectivity index (χ0n) is 3.87. The Balaban J connectivity index is 2.38. The summed E-state index contributed by atoms with van der Waals surface area (Å²) in [4.78, 5) is 0. The summed E-state index contributed by atoms with van der Waals surface area (Å²) in [5, 5.41) is 1.45. The number of rotatable bonds is 0. The maximum atomic E-state index is 2.26. The van der Waals surface area contributed by atoms with Crippen LogP contribution in [0, 0.1) is 0 Å². The minimum atomic E-state index is 0.727. The molecule has 0 spiro atoms. The molecule has 2 aliphatic rings. The van der Waals surface area contributed by atoms with Crippen molar-refractivity contribution in [2.75, 3.05) is 0 Å². The Hall–Kier alpha value is -0.170. The van der Waals surface area contributed by atoms with Gasteiger partial charge in [0.15, 0.2) is 0 Å². The molecule has 0 atom stereocenters. The van der Waals surface area contributed by atoms with E-state index in [1.807, 2.05) is 11.8 Å². The van der Waals surface area contributed by atoms with Gasteiger partial charge in [0.2, 0.25) is 0 Å². The number of hydrogen-bond acceptors (Lipinski definition) is 1. The van der Waals surface area contributed by atoms with Crippen molar-refractivity contribution in [1.29, 1.82) is 0 Å². The highest BCUT2D eigenvalue weighted by Crippen LogP contribution is 2.34. The van der Waals surface area contributed by atoms with E-state index in [1.165, 1.54) is 0 Å². The van der Waals surface area contributed by atoms with Crippen LogP contribution in [0.4, 0.5) is 0 Å². The standard InChI is InChI=1S/C6H6S/c1-2-6-4-3-5(1)7-6/h1-6H. The van der Waals surface area contributed by atoms with Gasteiger partial charge in [0, 0.05) is 10.5 Å². The van der Waals surface area contributed by atoms with Gasteiger partial charge in [-0.25, -0.2) is 0 Å². The molecule has 0 saturated heterocycles. The van der Waals surface area contributed by atoms with Crippen molar-refractivity contribution in [2.24, 2.45) is 0 Å². The molecule has 0 aliphatic carbocycles. The van der Waals surface area contributed by atoms with Crippen LogP contribution in [0.5, 0.6) is 0 Å². The molecule has 36 valence electrons. The highest BCUT2D eigenvalue weighted by molar-refractivity contribution is 8.01. The first-order valence-electron chi connectivity index (χ1n) is 2.47. The van der Waals surface area contributed by atoms with Gasteiger partial charge in [-0.05, 0) is 0 Å². The molecule has 0 saturated carbocycles. The van der Waals surface area contributed by atoms with Gasteiger partial charge in [0.25, 0.3) is 0 Å². The third kappa shape index (κ3) is 0.447. The Labute approximate surface area is 47.3 Å². The van der Waals surface area contributed by atoms with E-state index in [0.29, 0.717) is 0 Å². The number of fused-ring (bicyclic) bond motifs is 2. The highest BCUT2D eigenvalue weighted by atomic mass is 32.2. The predicted octanol–water partition coefficient (Wildman–Crippen LogP) is 1.60. The van der Waals surface area contributed by atoms with Gasteiger partial charge in [-0.3, -0.25) is 0 Å². The third-order valence-electron chi connectivity index (χ3n) is 1.30. The van der Waals surface area contributed by atoms with Crippen molar-refractivity contribution >= 4 is 11.8 Å². The summed E-state index contributed by atoms with van der Waals surface area (Å²) in [5.41, 5.74) is 0. The first-order valence-corrected chi connectivity index (χ1v) is 3.41. The van der Waals surface area contributed by atoms with Crippen LogP contribution < -0.4 is 0 Å². The van der Waals surface area contributed by atoms with Crippen molar-refractivity contribution in [1.82, 2.24) is 0 Å². The van der Waals surface area contributed by atoms with Gasteiger partial charge in [0.1, 0.15) is 0 Å². The average Bonchev–Trinajstić information content (AvgIpc) is 2.22. The Kier molecular flexibility index (Phi) is 0.627. The number of hydrogen-bond donors (Lipinski definition) is 0. The first-order chi connectivity index (χ1) is 3.45. The molecule has 0 nitrogen and oxygen atoms in total. The summed E-state index contributed by atoms with van der Waals surface area (Å²) in [6.07, 6.45) is 9.04. The molecule has 0 aromatic heterocycles. The molecule has 2 heterocycles. The van der Waals surface area contributed by atoms with Crippen LogP contribution in [0.2, 0.25) is 0 Å². The molecule has 0 aromatic carbocycles. The van der Waals surface area contributed by atoms with E-state index in [4.69, 9.17) is 0 Å². The fraction of sp³-hybridized carbons (Fsp3) is 0.333. The van der Waals surface area contributed by atoms with Gasteiger partial charge in [0.05, 0.1) is 0 Å². The van der Waals surface area contributed by atoms with Crippen LogP contribution in [-0.2, 0) is 0 Å². The fourth-order valence-corrected chi connectivity index (χ4v) is 2.02. The lowest BCUT2D eigenvalue weighted by Crippen LogP contribution is -1.80. The van der Waals surface area contributed by atoms with Crippen molar-refractivity contribution in [2.45, 2.75) is 10.5 Å². The molecule has 1 heteroatoms. The largest absolute Gasteiger partial charge is 0.138 e. The van der Waals surface area contributed by atoms with E-state index in [2.05, 4.69) is 24.3 Å². The lowest BCUT2D eigenvalue weighted by atomic mass is 10.2. The van der Waals surface area contributed by atoms with Crippen LogP contribution in [0.15, 0.2) is 24.3 Å². The van der Waals surface area contributed by atoms with E-state index in [1.54, 1.807) is 0 Å². The van der Waals surface area contributed by atoms with E-state index in [9.17, 15) is 0 Å². The van der Waals surface area contributed by atoms with Crippen molar-refractivity contribution in [3.63, 3.8) is 0 Å². The third-order valence-corrected chi connectivity index (χ3v) is 2.55. The maximum Gasteiger partial charge on any atom is 0.0417 e. The molecular formula is C6H6S. The van der Waals surface area contributed by atoms with Crippen molar-refractivity contribution in [3.8, 4) is 0 Å². The van der Waals surface area contributed by atoms with E-state index >= 15 is 0 Å². The summed E-state index contributed by atoms with van der Waals surface area (Å²) in [6, 6.07) is 0. The molecule has 0 fully saturated rings. The maximum absolute atomic E-state index is 2.26. The lowest BCUT2D eigenvalue weighted by Gasteiger charge is -1.89. The zero-order valence-corrected chi connectivity index (χ0v) is 4.69. The first kappa shape index (κ1) is 3.79. The molecule has 0 aromatic rings. The van der Waals surface area contributed by atoms with Crippen LogP contribution in [-0.4, -0.2) is 10.5 Å². The van der Waals surface area contributed by atoms with Gasteiger partial charge >= 0.3 is 0 Å². The summed E-state index contributed by atoms with van der Waals surface area (Å²) in [5.74, 6) is 0. The van der Waals surface area contributed by atoms with Crippen molar-refractivity contribution < 1.29 is 0 Å². The zero-order chi connectivity index (χ0) is 4.69. The Morgan fingerprint density at radius 2 is 1.29 bits per heavy atom. The van der Waals surface area contributed by atoms with E-state index in [0.717, 1.165) is 10.5 Å². The summed E-state index contributed by atoms with van der Waals surface area (Å²) in [7, 11) is 0. The van der Waals surface area contributed by atoms with Crippen LogP contribution in [0.1, 0.15) is 0 Å².